The number of hydrogen-bond donors (Lipinski definition) is 1. The fraction of sp³-hybridized carbons (Fsp3) is 0.286. The number of H-pyrrole nitrogens is 1. The lowest BCUT2D eigenvalue weighted by Crippen LogP contribution is -2.39. The van der Waals surface area contributed by atoms with Crippen LogP contribution in [-0.4, -0.2) is 30.6 Å². The number of fused-ring (bicyclic) bond motifs is 6. The molecule has 0 amide bonds. The van der Waals surface area contributed by atoms with E-state index in [1.54, 1.807) is 14.2 Å². The van der Waals surface area contributed by atoms with Crippen molar-refractivity contribution in [2.24, 2.45) is 0 Å². The Balaban J connectivity index is 1.36. The van der Waals surface area contributed by atoms with Gasteiger partial charge in [0.25, 0.3) is 0 Å². The van der Waals surface area contributed by atoms with Gasteiger partial charge in [0.05, 0.1) is 14.2 Å². The first-order valence-electron chi connectivity index (χ1n) is 11.5. The molecule has 0 saturated heterocycles. The monoisotopic (exact) mass is 440 g/mol. The van der Waals surface area contributed by atoms with E-state index in [0.717, 1.165) is 48.7 Å². The maximum atomic E-state index is 6.25. The predicted octanol–water partition coefficient (Wildman–Crippen LogP) is 5.42. The molecule has 5 nitrogen and oxygen atoms in total. The number of methoxy groups -OCH3 is 2. The highest BCUT2D eigenvalue weighted by atomic mass is 16.5. The predicted molar refractivity (Wildman–Crippen MR) is 129 cm³/mol. The smallest absolute Gasteiger partial charge is 0.162 e. The summed E-state index contributed by atoms with van der Waals surface area (Å²) < 4.78 is 17.4. The second-order valence-electron chi connectivity index (χ2n) is 8.91. The van der Waals surface area contributed by atoms with E-state index in [0.29, 0.717) is 12.6 Å². The van der Waals surface area contributed by atoms with Crippen LogP contribution in [-0.2, 0) is 26.0 Å². The highest BCUT2D eigenvalue weighted by Crippen LogP contribution is 2.44. The van der Waals surface area contributed by atoms with E-state index in [2.05, 4.69) is 46.3 Å². The Hall–Kier alpha value is -3.44. The number of aromatic nitrogens is 1. The zero-order chi connectivity index (χ0) is 22.4. The summed E-state index contributed by atoms with van der Waals surface area (Å²) in [6, 6.07) is 21.3. The maximum absolute atomic E-state index is 6.25. The van der Waals surface area contributed by atoms with Gasteiger partial charge in [-0.3, -0.25) is 4.90 Å². The summed E-state index contributed by atoms with van der Waals surface area (Å²) >= 11 is 0. The van der Waals surface area contributed by atoms with Crippen LogP contribution in [0.4, 0.5) is 0 Å². The third kappa shape index (κ3) is 3.53. The van der Waals surface area contributed by atoms with E-state index >= 15 is 0 Å². The van der Waals surface area contributed by atoms with E-state index in [-0.39, 0.29) is 0 Å². The van der Waals surface area contributed by atoms with Crippen molar-refractivity contribution >= 4 is 10.9 Å². The van der Waals surface area contributed by atoms with E-state index in [1.165, 1.54) is 33.3 Å². The minimum Gasteiger partial charge on any atom is -0.497 e. The van der Waals surface area contributed by atoms with Gasteiger partial charge in [-0.05, 0) is 65.4 Å². The molecule has 2 aliphatic rings. The van der Waals surface area contributed by atoms with Crippen molar-refractivity contribution in [2.75, 3.05) is 20.8 Å². The van der Waals surface area contributed by atoms with Crippen molar-refractivity contribution in [3.63, 3.8) is 0 Å². The van der Waals surface area contributed by atoms with Crippen molar-refractivity contribution in [1.82, 2.24) is 9.88 Å². The molecule has 0 spiro atoms. The van der Waals surface area contributed by atoms with Gasteiger partial charge in [-0.25, -0.2) is 0 Å². The number of nitrogens with zero attached hydrogens (tertiary/aromatic N) is 1. The lowest BCUT2D eigenvalue weighted by atomic mass is 9.85. The molecular weight excluding hydrogens is 412 g/mol. The second-order valence-corrected chi connectivity index (χ2v) is 8.91. The van der Waals surface area contributed by atoms with E-state index in [4.69, 9.17) is 14.2 Å². The van der Waals surface area contributed by atoms with Crippen molar-refractivity contribution < 1.29 is 14.2 Å². The summed E-state index contributed by atoms with van der Waals surface area (Å²) in [4.78, 5) is 6.24. The van der Waals surface area contributed by atoms with Crippen LogP contribution >= 0.6 is 0 Å². The van der Waals surface area contributed by atoms with Crippen molar-refractivity contribution in [3.05, 3.63) is 88.6 Å². The molecule has 4 aromatic rings. The Kier molecular flexibility index (Phi) is 4.99. The Morgan fingerprint density at radius 1 is 0.970 bits per heavy atom. The number of hydrogen-bond acceptors (Lipinski definition) is 4. The van der Waals surface area contributed by atoms with Gasteiger partial charge in [0, 0.05) is 35.7 Å². The lowest BCUT2D eigenvalue weighted by Gasteiger charge is -2.40. The van der Waals surface area contributed by atoms with E-state index in [9.17, 15) is 0 Å². The molecule has 0 fully saturated rings. The average molecular weight is 441 g/mol. The quantitative estimate of drug-likeness (QED) is 0.450. The molecule has 5 heteroatoms. The molecular formula is C28H28N2O3. The largest absolute Gasteiger partial charge is 0.497 e. The van der Waals surface area contributed by atoms with Gasteiger partial charge in [0.1, 0.15) is 12.4 Å². The van der Waals surface area contributed by atoms with E-state index < -0.39 is 0 Å². The summed E-state index contributed by atoms with van der Waals surface area (Å²) in [5.74, 6) is 2.52. The number of ether oxygens (including phenoxy) is 3. The molecule has 0 radical (unpaired) electrons. The number of nitrogens with one attached hydrogen (secondary N) is 1. The van der Waals surface area contributed by atoms with Gasteiger partial charge in [-0.15, -0.1) is 0 Å². The van der Waals surface area contributed by atoms with Gasteiger partial charge in [0.15, 0.2) is 11.5 Å². The van der Waals surface area contributed by atoms with Crippen LogP contribution in [0.2, 0.25) is 0 Å². The molecule has 1 unspecified atom stereocenters. The van der Waals surface area contributed by atoms with Crippen LogP contribution < -0.4 is 14.2 Å². The summed E-state index contributed by atoms with van der Waals surface area (Å²) in [5, 5.41) is 1.27. The topological polar surface area (TPSA) is 46.7 Å². The molecule has 1 aromatic heterocycles. The fourth-order valence-electron chi connectivity index (χ4n) is 5.37. The summed E-state index contributed by atoms with van der Waals surface area (Å²) in [6.07, 6.45) is 1.99. The summed E-state index contributed by atoms with van der Waals surface area (Å²) in [6.45, 7) is 2.50. The zero-order valence-electron chi connectivity index (χ0n) is 19.1. The average Bonchev–Trinajstić information content (AvgIpc) is 3.22. The summed E-state index contributed by atoms with van der Waals surface area (Å²) in [5.41, 5.74) is 7.78. The fourth-order valence-corrected chi connectivity index (χ4v) is 5.37. The molecule has 3 aromatic carbocycles. The van der Waals surface area contributed by atoms with Gasteiger partial charge in [0.2, 0.25) is 0 Å². The maximum Gasteiger partial charge on any atom is 0.162 e. The van der Waals surface area contributed by atoms with Crippen molar-refractivity contribution in [1.29, 1.82) is 0 Å². The SMILES string of the molecule is COc1ccc2[nH]c3c(c2c1)CC1c2cc(OCc4ccccc4)c(OC)cc2CCN1C3. The van der Waals surface area contributed by atoms with Crippen LogP contribution in [0, 0.1) is 0 Å². The molecule has 168 valence electrons. The number of benzene rings is 3. The van der Waals surface area contributed by atoms with Crippen LogP contribution in [0.5, 0.6) is 17.2 Å². The molecule has 0 bridgehead atoms. The number of aromatic amines is 1. The third-order valence-electron chi connectivity index (χ3n) is 7.09. The highest BCUT2D eigenvalue weighted by molar-refractivity contribution is 5.86. The van der Waals surface area contributed by atoms with Crippen molar-refractivity contribution in [2.45, 2.75) is 32.0 Å². The standard InChI is InChI=1S/C28H28N2O3/c1-31-20-8-9-24-22(13-20)23-14-26-21-15-28(33-17-18-6-4-3-5-7-18)27(32-2)12-19(21)10-11-30(26)16-25(23)29-24/h3-9,12-13,15,26,29H,10-11,14,16-17H2,1-2H3. The Morgan fingerprint density at radius 2 is 1.85 bits per heavy atom. The Morgan fingerprint density at radius 3 is 2.67 bits per heavy atom. The first kappa shape index (κ1) is 20.2. The molecule has 1 N–H and O–H groups in total. The number of rotatable bonds is 5. The van der Waals surface area contributed by atoms with Crippen LogP contribution in [0.1, 0.15) is 34.0 Å². The minimum atomic E-state index is 0.330. The minimum absolute atomic E-state index is 0.330. The highest BCUT2D eigenvalue weighted by Gasteiger charge is 2.34. The summed E-state index contributed by atoms with van der Waals surface area (Å²) in [7, 11) is 3.45. The van der Waals surface area contributed by atoms with Crippen LogP contribution in [0.3, 0.4) is 0 Å². The normalized spacial score (nSPS) is 17.2. The van der Waals surface area contributed by atoms with Gasteiger partial charge >= 0.3 is 0 Å². The molecule has 0 aliphatic carbocycles. The second kappa shape index (κ2) is 8.16. The zero-order valence-corrected chi connectivity index (χ0v) is 19.1. The van der Waals surface area contributed by atoms with Gasteiger partial charge in [-0.2, -0.15) is 0 Å². The molecule has 1 atom stereocenters. The Bertz CT molecular complexity index is 1310. The van der Waals surface area contributed by atoms with Crippen molar-refractivity contribution in [3.8, 4) is 17.2 Å². The lowest BCUT2D eigenvalue weighted by molar-refractivity contribution is 0.158. The third-order valence-corrected chi connectivity index (χ3v) is 7.09. The van der Waals surface area contributed by atoms with Crippen LogP contribution in [0.25, 0.3) is 10.9 Å². The van der Waals surface area contributed by atoms with Crippen LogP contribution in [0.15, 0.2) is 60.7 Å². The molecule has 6 rings (SSSR count). The molecule has 33 heavy (non-hydrogen) atoms. The molecule has 3 heterocycles. The van der Waals surface area contributed by atoms with E-state index in [1.807, 2.05) is 24.3 Å². The van der Waals surface area contributed by atoms with Gasteiger partial charge < -0.3 is 19.2 Å². The molecule has 2 aliphatic heterocycles. The first-order chi connectivity index (χ1) is 16.2. The first-order valence-corrected chi connectivity index (χ1v) is 11.5. The van der Waals surface area contributed by atoms with Gasteiger partial charge in [-0.1, -0.05) is 30.3 Å². The Labute approximate surface area is 193 Å². The molecule has 0 saturated carbocycles.